The van der Waals surface area contributed by atoms with Gasteiger partial charge in [0.2, 0.25) is 0 Å². The fourth-order valence-corrected chi connectivity index (χ4v) is 3.11. The Bertz CT molecular complexity index is 545. The van der Waals surface area contributed by atoms with Crippen LogP contribution >= 0.6 is 0 Å². The summed E-state index contributed by atoms with van der Waals surface area (Å²) in [5.41, 5.74) is -0.949. The van der Waals surface area contributed by atoms with Crippen LogP contribution in [0.25, 0.3) is 0 Å². The van der Waals surface area contributed by atoms with Gasteiger partial charge in [-0.2, -0.15) is 0 Å². The van der Waals surface area contributed by atoms with Crippen LogP contribution < -0.4 is 0 Å². The van der Waals surface area contributed by atoms with E-state index in [0.29, 0.717) is 18.1 Å². The van der Waals surface area contributed by atoms with E-state index in [-0.39, 0.29) is 12.0 Å². The third-order valence-electron chi connectivity index (χ3n) is 4.03. The zero-order valence-electron chi connectivity index (χ0n) is 17.7. The van der Waals surface area contributed by atoms with Crippen LogP contribution in [0.4, 0.5) is 4.79 Å². The highest BCUT2D eigenvalue weighted by Gasteiger charge is 2.50. The fraction of sp³-hybridized carbons (Fsp3) is 0.800. The van der Waals surface area contributed by atoms with E-state index in [9.17, 15) is 9.59 Å². The lowest BCUT2D eigenvalue weighted by atomic mass is 9.97. The van der Waals surface area contributed by atoms with E-state index < -0.39 is 23.5 Å². The zero-order chi connectivity index (χ0) is 20.3. The van der Waals surface area contributed by atoms with E-state index in [1.807, 2.05) is 34.6 Å². The number of rotatable bonds is 5. The Morgan fingerprint density at radius 3 is 2.31 bits per heavy atom. The average Bonchev–Trinajstić information content (AvgIpc) is 2.66. The lowest BCUT2D eigenvalue weighted by Gasteiger charge is -2.35. The predicted molar refractivity (Wildman–Crippen MR) is 101 cm³/mol. The molecule has 150 valence electrons. The summed E-state index contributed by atoms with van der Waals surface area (Å²) in [4.78, 5) is 26.5. The molecule has 1 aliphatic rings. The maximum Gasteiger partial charge on any atom is 0.412 e. The van der Waals surface area contributed by atoms with Crippen LogP contribution in [0, 0.1) is 5.92 Å². The van der Waals surface area contributed by atoms with Crippen molar-refractivity contribution in [1.29, 1.82) is 0 Å². The predicted octanol–water partition coefficient (Wildman–Crippen LogP) is 4.28. The van der Waals surface area contributed by atoms with Gasteiger partial charge in [0, 0.05) is 5.57 Å². The molecule has 0 aromatic rings. The first-order valence-corrected chi connectivity index (χ1v) is 9.34. The number of carbonyl (C=O) groups excluding carboxylic acids is 2. The molecule has 2 atom stereocenters. The third-order valence-corrected chi connectivity index (χ3v) is 4.03. The van der Waals surface area contributed by atoms with Crippen molar-refractivity contribution in [2.75, 3.05) is 6.61 Å². The topological polar surface area (TPSA) is 65.1 Å². The molecule has 1 saturated heterocycles. The molecule has 0 aromatic carbocycles. The molecule has 1 heterocycles. The number of amides is 1. The van der Waals surface area contributed by atoms with Gasteiger partial charge in [0.1, 0.15) is 11.3 Å². The second-order valence-corrected chi connectivity index (χ2v) is 8.65. The molecule has 6 heteroatoms. The average molecular weight is 370 g/mol. The van der Waals surface area contributed by atoms with Gasteiger partial charge in [-0.1, -0.05) is 13.8 Å². The molecule has 0 radical (unpaired) electrons. The van der Waals surface area contributed by atoms with Crippen molar-refractivity contribution in [3.63, 3.8) is 0 Å². The smallest absolute Gasteiger partial charge is 0.412 e. The van der Waals surface area contributed by atoms with Gasteiger partial charge >= 0.3 is 12.1 Å². The van der Waals surface area contributed by atoms with Gasteiger partial charge in [0.15, 0.2) is 0 Å². The summed E-state index contributed by atoms with van der Waals surface area (Å²) in [7, 11) is 0. The van der Waals surface area contributed by atoms with Gasteiger partial charge in [-0.15, -0.1) is 0 Å². The van der Waals surface area contributed by atoms with Crippen molar-refractivity contribution < 1.29 is 23.8 Å². The first kappa shape index (κ1) is 22.5. The molecule has 0 saturated carbocycles. The van der Waals surface area contributed by atoms with Crippen LogP contribution in [-0.4, -0.2) is 47.0 Å². The van der Waals surface area contributed by atoms with Crippen LogP contribution in [0.2, 0.25) is 0 Å². The molecule has 1 rings (SSSR count). The maximum atomic E-state index is 12.8. The van der Waals surface area contributed by atoms with Crippen molar-refractivity contribution >= 4 is 12.1 Å². The quantitative estimate of drug-likeness (QED) is 0.534. The molecule has 0 bridgehead atoms. The van der Waals surface area contributed by atoms with Gasteiger partial charge in [-0.25, -0.2) is 9.59 Å². The number of hydrogen-bond acceptors (Lipinski definition) is 5. The summed E-state index contributed by atoms with van der Waals surface area (Å²) in [6.07, 6.45) is 1.69. The molecule has 0 unspecified atom stereocenters. The Hall–Kier alpha value is -1.56. The van der Waals surface area contributed by atoms with E-state index in [1.54, 1.807) is 24.8 Å². The standard InChI is InChI=1S/C20H35NO5/c1-10-24-17(22)14(4)12-16-15(11-13(2)3)21(20(8,9)25-16)18(23)26-19(5,6)7/h12-13,15-16H,10-11H2,1-9H3/b14-12+/t15-,16-/m0/s1. The Labute approximate surface area is 157 Å². The van der Waals surface area contributed by atoms with Crippen molar-refractivity contribution in [1.82, 2.24) is 4.90 Å². The SMILES string of the molecule is CCOC(=O)/C(C)=C/[C@@H]1OC(C)(C)N(C(=O)OC(C)(C)C)[C@H]1CC(C)C. The van der Waals surface area contributed by atoms with Crippen LogP contribution in [0.1, 0.15) is 68.7 Å². The minimum Gasteiger partial charge on any atom is -0.463 e. The van der Waals surface area contributed by atoms with Crippen molar-refractivity contribution in [3.05, 3.63) is 11.6 Å². The molecular weight excluding hydrogens is 334 g/mol. The van der Waals surface area contributed by atoms with Crippen LogP contribution in [-0.2, 0) is 19.0 Å². The lowest BCUT2D eigenvalue weighted by molar-refractivity contribution is -0.138. The summed E-state index contributed by atoms with van der Waals surface area (Å²) in [6, 6.07) is -0.218. The van der Waals surface area contributed by atoms with Gasteiger partial charge in [0.25, 0.3) is 0 Å². The summed E-state index contributed by atoms with van der Waals surface area (Å²) < 4.78 is 16.8. The number of carbonyl (C=O) groups is 2. The lowest BCUT2D eigenvalue weighted by Crippen LogP contribution is -2.50. The molecule has 0 aliphatic carbocycles. The van der Waals surface area contributed by atoms with Crippen LogP contribution in [0.15, 0.2) is 11.6 Å². The van der Waals surface area contributed by atoms with Gasteiger partial charge < -0.3 is 14.2 Å². The van der Waals surface area contributed by atoms with Crippen LogP contribution in [0.5, 0.6) is 0 Å². The second kappa shape index (κ2) is 8.42. The van der Waals surface area contributed by atoms with Gasteiger partial charge in [-0.05, 0) is 66.9 Å². The molecule has 1 aliphatic heterocycles. The molecule has 26 heavy (non-hydrogen) atoms. The van der Waals surface area contributed by atoms with Crippen molar-refractivity contribution in [2.45, 2.75) is 92.2 Å². The van der Waals surface area contributed by atoms with E-state index in [2.05, 4.69) is 13.8 Å². The monoisotopic (exact) mass is 369 g/mol. The van der Waals surface area contributed by atoms with E-state index in [0.717, 1.165) is 6.42 Å². The Morgan fingerprint density at radius 2 is 1.85 bits per heavy atom. The number of esters is 1. The number of nitrogens with zero attached hydrogens (tertiary/aromatic N) is 1. The van der Waals surface area contributed by atoms with Gasteiger partial charge in [-0.3, -0.25) is 4.90 Å². The maximum absolute atomic E-state index is 12.8. The van der Waals surface area contributed by atoms with E-state index in [1.165, 1.54) is 0 Å². The first-order chi connectivity index (χ1) is 11.8. The molecule has 0 spiro atoms. The Kier molecular flexibility index (Phi) is 7.28. The summed E-state index contributed by atoms with van der Waals surface area (Å²) in [5, 5.41) is 0. The van der Waals surface area contributed by atoms with Crippen molar-refractivity contribution in [2.24, 2.45) is 5.92 Å². The summed E-state index contributed by atoms with van der Waals surface area (Å²) in [5.74, 6) is -0.0193. The number of ether oxygens (including phenoxy) is 3. The van der Waals surface area contributed by atoms with E-state index in [4.69, 9.17) is 14.2 Å². The zero-order valence-corrected chi connectivity index (χ0v) is 17.7. The molecule has 1 fully saturated rings. The molecule has 6 nitrogen and oxygen atoms in total. The highest BCUT2D eigenvalue weighted by molar-refractivity contribution is 5.87. The Morgan fingerprint density at radius 1 is 1.27 bits per heavy atom. The van der Waals surface area contributed by atoms with Crippen molar-refractivity contribution in [3.8, 4) is 0 Å². The molecule has 0 aromatic heterocycles. The second-order valence-electron chi connectivity index (χ2n) is 8.65. The fourth-order valence-electron chi connectivity index (χ4n) is 3.11. The summed E-state index contributed by atoms with van der Waals surface area (Å²) in [6.45, 7) is 17.2. The van der Waals surface area contributed by atoms with E-state index >= 15 is 0 Å². The van der Waals surface area contributed by atoms with Gasteiger partial charge in [0.05, 0.1) is 18.8 Å². The largest absolute Gasteiger partial charge is 0.463 e. The first-order valence-electron chi connectivity index (χ1n) is 9.34. The minimum absolute atomic E-state index is 0.218. The molecule has 1 amide bonds. The normalized spacial score (nSPS) is 23.3. The van der Waals surface area contributed by atoms with Crippen LogP contribution in [0.3, 0.4) is 0 Å². The third kappa shape index (κ3) is 6.01. The Balaban J connectivity index is 3.18. The summed E-state index contributed by atoms with van der Waals surface area (Å²) >= 11 is 0. The minimum atomic E-state index is -0.835. The highest BCUT2D eigenvalue weighted by Crippen LogP contribution is 2.37. The number of hydrogen-bond donors (Lipinski definition) is 0. The molecule has 0 N–H and O–H groups in total. The molecular formula is C20H35NO5. The highest BCUT2D eigenvalue weighted by atomic mass is 16.6.